The standard InChI is InChI=1S/C10H17N3S.HI/c1-3-8-5-6-9(14-8)7-13-10(11)12-4-2;/h5-6H,3-4,7H2,1-2H3,(H3,11,12,13);1H. The molecule has 0 bridgehead atoms. The largest absolute Gasteiger partial charge is 0.370 e. The number of rotatable bonds is 4. The zero-order valence-corrected chi connectivity index (χ0v) is 12.3. The number of nitrogens with one attached hydrogen (secondary N) is 1. The second-order valence-corrected chi connectivity index (χ2v) is 4.21. The Labute approximate surface area is 112 Å². The SMILES string of the molecule is CCNC(N)=NCc1ccc(CC)s1.I. The average molecular weight is 339 g/mol. The Morgan fingerprint density at radius 1 is 1.40 bits per heavy atom. The van der Waals surface area contributed by atoms with Crippen LogP contribution in [-0.4, -0.2) is 12.5 Å². The molecular weight excluding hydrogens is 321 g/mol. The van der Waals surface area contributed by atoms with Crippen molar-refractivity contribution in [2.24, 2.45) is 10.7 Å². The van der Waals surface area contributed by atoms with Gasteiger partial charge in [0.2, 0.25) is 0 Å². The van der Waals surface area contributed by atoms with E-state index < -0.39 is 0 Å². The van der Waals surface area contributed by atoms with Gasteiger partial charge < -0.3 is 11.1 Å². The molecule has 1 aromatic rings. The van der Waals surface area contributed by atoms with Crippen molar-refractivity contribution >= 4 is 41.3 Å². The van der Waals surface area contributed by atoms with E-state index in [1.807, 2.05) is 6.92 Å². The molecule has 0 aliphatic carbocycles. The zero-order chi connectivity index (χ0) is 10.4. The number of nitrogens with zero attached hydrogens (tertiary/aromatic N) is 1. The van der Waals surface area contributed by atoms with Crippen LogP contribution in [-0.2, 0) is 13.0 Å². The van der Waals surface area contributed by atoms with Crippen molar-refractivity contribution in [2.75, 3.05) is 6.54 Å². The number of aryl methyl sites for hydroxylation is 1. The van der Waals surface area contributed by atoms with Crippen LogP contribution >= 0.6 is 35.3 Å². The highest BCUT2D eigenvalue weighted by Crippen LogP contribution is 2.17. The highest BCUT2D eigenvalue weighted by molar-refractivity contribution is 14.0. The topological polar surface area (TPSA) is 50.4 Å². The monoisotopic (exact) mass is 339 g/mol. The number of guanidine groups is 1. The summed E-state index contributed by atoms with van der Waals surface area (Å²) in [6, 6.07) is 4.27. The van der Waals surface area contributed by atoms with Gasteiger partial charge in [-0.25, -0.2) is 4.99 Å². The summed E-state index contributed by atoms with van der Waals surface area (Å²) in [7, 11) is 0. The van der Waals surface area contributed by atoms with Crippen molar-refractivity contribution in [1.29, 1.82) is 0 Å². The summed E-state index contributed by atoms with van der Waals surface area (Å²) in [6.45, 7) is 5.66. The molecule has 0 saturated heterocycles. The number of thiophene rings is 1. The lowest BCUT2D eigenvalue weighted by Crippen LogP contribution is -2.31. The molecule has 0 aromatic carbocycles. The van der Waals surface area contributed by atoms with Gasteiger partial charge in [-0.3, -0.25) is 0 Å². The Bertz CT molecular complexity index is 309. The van der Waals surface area contributed by atoms with Gasteiger partial charge in [0.25, 0.3) is 0 Å². The molecule has 0 spiro atoms. The number of nitrogens with two attached hydrogens (primary N) is 1. The molecule has 86 valence electrons. The Hall–Kier alpha value is -0.300. The van der Waals surface area contributed by atoms with E-state index in [0.29, 0.717) is 12.5 Å². The molecule has 1 rings (SSSR count). The molecule has 0 amide bonds. The summed E-state index contributed by atoms with van der Waals surface area (Å²) in [6.07, 6.45) is 1.09. The lowest BCUT2D eigenvalue weighted by Gasteiger charge is -1.99. The molecule has 3 N–H and O–H groups in total. The zero-order valence-electron chi connectivity index (χ0n) is 9.12. The van der Waals surface area contributed by atoms with Gasteiger partial charge in [-0.1, -0.05) is 6.92 Å². The quantitative estimate of drug-likeness (QED) is 0.503. The normalized spacial score (nSPS) is 10.9. The smallest absolute Gasteiger partial charge is 0.188 e. The molecule has 5 heteroatoms. The van der Waals surface area contributed by atoms with E-state index in [-0.39, 0.29) is 24.0 Å². The summed E-state index contributed by atoms with van der Waals surface area (Å²) in [4.78, 5) is 6.89. The summed E-state index contributed by atoms with van der Waals surface area (Å²) in [5.74, 6) is 0.527. The molecule has 0 aliphatic heterocycles. The predicted octanol–water partition coefficient (Wildman–Crippen LogP) is 2.35. The van der Waals surface area contributed by atoms with E-state index in [1.165, 1.54) is 9.75 Å². The predicted molar refractivity (Wildman–Crippen MR) is 78.1 cm³/mol. The lowest BCUT2D eigenvalue weighted by atomic mass is 10.4. The Balaban J connectivity index is 0.00000196. The maximum absolute atomic E-state index is 5.61. The summed E-state index contributed by atoms with van der Waals surface area (Å²) in [5, 5.41) is 2.97. The molecule has 0 atom stereocenters. The van der Waals surface area contributed by atoms with E-state index in [4.69, 9.17) is 5.73 Å². The van der Waals surface area contributed by atoms with Gasteiger partial charge in [0, 0.05) is 16.3 Å². The third-order valence-electron chi connectivity index (χ3n) is 1.83. The van der Waals surface area contributed by atoms with Gasteiger partial charge in [0.1, 0.15) is 0 Å². The van der Waals surface area contributed by atoms with Gasteiger partial charge in [-0.15, -0.1) is 35.3 Å². The summed E-state index contributed by atoms with van der Waals surface area (Å²) in [5.41, 5.74) is 5.61. The maximum atomic E-state index is 5.61. The van der Waals surface area contributed by atoms with Crippen LogP contribution in [0.2, 0.25) is 0 Å². The minimum atomic E-state index is 0. The Kier molecular flexibility index (Phi) is 7.76. The number of aliphatic imine (C=N–C) groups is 1. The van der Waals surface area contributed by atoms with Crippen LogP contribution in [0, 0.1) is 0 Å². The molecule has 0 unspecified atom stereocenters. The van der Waals surface area contributed by atoms with E-state index in [0.717, 1.165) is 13.0 Å². The number of halogens is 1. The van der Waals surface area contributed by atoms with Crippen molar-refractivity contribution in [3.63, 3.8) is 0 Å². The van der Waals surface area contributed by atoms with Crippen molar-refractivity contribution in [3.05, 3.63) is 21.9 Å². The van der Waals surface area contributed by atoms with E-state index in [9.17, 15) is 0 Å². The van der Waals surface area contributed by atoms with Gasteiger partial charge in [-0.05, 0) is 25.5 Å². The molecule has 0 fully saturated rings. The molecule has 0 radical (unpaired) electrons. The van der Waals surface area contributed by atoms with Crippen LogP contribution in [0.15, 0.2) is 17.1 Å². The fraction of sp³-hybridized carbons (Fsp3) is 0.500. The van der Waals surface area contributed by atoms with Crippen molar-refractivity contribution < 1.29 is 0 Å². The maximum Gasteiger partial charge on any atom is 0.188 e. The van der Waals surface area contributed by atoms with E-state index in [1.54, 1.807) is 11.3 Å². The highest BCUT2D eigenvalue weighted by atomic mass is 127. The molecule has 1 heterocycles. The lowest BCUT2D eigenvalue weighted by molar-refractivity contribution is 0.929. The first-order valence-corrected chi connectivity index (χ1v) is 5.69. The summed E-state index contributed by atoms with van der Waals surface area (Å²) < 4.78 is 0. The van der Waals surface area contributed by atoms with E-state index in [2.05, 4.69) is 29.4 Å². The van der Waals surface area contributed by atoms with Crippen LogP contribution in [0.1, 0.15) is 23.6 Å². The van der Waals surface area contributed by atoms with Gasteiger partial charge in [0.05, 0.1) is 6.54 Å². The van der Waals surface area contributed by atoms with Crippen molar-refractivity contribution in [1.82, 2.24) is 5.32 Å². The van der Waals surface area contributed by atoms with E-state index >= 15 is 0 Å². The number of hydrogen-bond acceptors (Lipinski definition) is 2. The van der Waals surface area contributed by atoms with Crippen LogP contribution < -0.4 is 11.1 Å². The highest BCUT2D eigenvalue weighted by Gasteiger charge is 1.97. The first kappa shape index (κ1) is 14.7. The minimum absolute atomic E-state index is 0. The number of hydrogen-bond donors (Lipinski definition) is 2. The van der Waals surface area contributed by atoms with Gasteiger partial charge >= 0.3 is 0 Å². The first-order valence-electron chi connectivity index (χ1n) is 4.87. The van der Waals surface area contributed by atoms with Crippen LogP contribution in [0.3, 0.4) is 0 Å². The minimum Gasteiger partial charge on any atom is -0.370 e. The van der Waals surface area contributed by atoms with Crippen molar-refractivity contribution in [2.45, 2.75) is 26.8 Å². The third kappa shape index (κ3) is 5.36. The summed E-state index contributed by atoms with van der Waals surface area (Å²) >= 11 is 1.80. The second-order valence-electron chi connectivity index (χ2n) is 2.95. The molecule has 0 aliphatic rings. The first-order chi connectivity index (χ1) is 6.76. The average Bonchev–Trinajstić information content (AvgIpc) is 2.63. The molecule has 3 nitrogen and oxygen atoms in total. The fourth-order valence-electron chi connectivity index (χ4n) is 1.10. The Morgan fingerprint density at radius 3 is 2.60 bits per heavy atom. The van der Waals surface area contributed by atoms with Gasteiger partial charge in [0.15, 0.2) is 5.96 Å². The third-order valence-corrected chi connectivity index (χ3v) is 3.04. The van der Waals surface area contributed by atoms with Crippen molar-refractivity contribution in [3.8, 4) is 0 Å². The van der Waals surface area contributed by atoms with Crippen LogP contribution in [0.4, 0.5) is 0 Å². The second kappa shape index (κ2) is 7.92. The van der Waals surface area contributed by atoms with Crippen LogP contribution in [0.25, 0.3) is 0 Å². The molecular formula is C10H18IN3S. The molecule has 1 aromatic heterocycles. The molecule has 15 heavy (non-hydrogen) atoms. The fourth-order valence-corrected chi connectivity index (χ4v) is 1.98. The van der Waals surface area contributed by atoms with Crippen LogP contribution in [0.5, 0.6) is 0 Å². The van der Waals surface area contributed by atoms with Gasteiger partial charge in [-0.2, -0.15) is 0 Å². The molecule has 0 saturated carbocycles. The Morgan fingerprint density at radius 2 is 2.07 bits per heavy atom.